The summed E-state index contributed by atoms with van der Waals surface area (Å²) in [5.41, 5.74) is 0.0374. The van der Waals surface area contributed by atoms with Crippen LogP contribution in [0, 0.1) is 5.82 Å². The van der Waals surface area contributed by atoms with Crippen molar-refractivity contribution in [1.29, 1.82) is 0 Å². The Morgan fingerprint density at radius 1 is 1.56 bits per heavy atom. The van der Waals surface area contributed by atoms with E-state index in [1.165, 1.54) is 19.2 Å². The Morgan fingerprint density at radius 2 is 2.31 bits per heavy atom. The highest BCUT2D eigenvalue weighted by Gasteiger charge is 2.11. The van der Waals surface area contributed by atoms with Gasteiger partial charge in [-0.1, -0.05) is 15.9 Å². The fraction of sp³-hybridized carbons (Fsp3) is 0.364. The number of hydrogen-bond acceptors (Lipinski definition) is 2. The average Bonchev–Trinajstić information content (AvgIpc) is 2.29. The number of ether oxygens (including phenoxy) is 1. The minimum Gasteiger partial charge on any atom is -0.497 e. The lowest BCUT2D eigenvalue weighted by Gasteiger charge is -2.06. The summed E-state index contributed by atoms with van der Waals surface area (Å²) < 4.78 is 18.3. The first-order valence-corrected chi connectivity index (χ1v) is 5.99. The van der Waals surface area contributed by atoms with Gasteiger partial charge in [0, 0.05) is 17.9 Å². The maximum Gasteiger partial charge on any atom is 0.254 e. The molecule has 16 heavy (non-hydrogen) atoms. The highest BCUT2D eigenvalue weighted by molar-refractivity contribution is 9.09. The van der Waals surface area contributed by atoms with Gasteiger partial charge in [0.25, 0.3) is 5.91 Å². The van der Waals surface area contributed by atoms with Gasteiger partial charge in [-0.05, 0) is 18.6 Å². The van der Waals surface area contributed by atoms with Crippen LogP contribution in [-0.2, 0) is 0 Å². The van der Waals surface area contributed by atoms with Gasteiger partial charge in [-0.3, -0.25) is 4.79 Å². The quantitative estimate of drug-likeness (QED) is 0.668. The van der Waals surface area contributed by atoms with Crippen LogP contribution in [-0.4, -0.2) is 24.9 Å². The van der Waals surface area contributed by atoms with Crippen LogP contribution in [0.25, 0.3) is 0 Å². The molecular weight excluding hydrogens is 277 g/mol. The third-order valence-electron chi connectivity index (χ3n) is 2.02. The second-order valence-electron chi connectivity index (χ2n) is 3.14. The number of carbonyl (C=O) groups excluding carboxylic acids is 1. The topological polar surface area (TPSA) is 38.3 Å². The fourth-order valence-corrected chi connectivity index (χ4v) is 1.45. The van der Waals surface area contributed by atoms with Crippen LogP contribution < -0.4 is 10.1 Å². The molecule has 1 aromatic carbocycles. The summed E-state index contributed by atoms with van der Waals surface area (Å²) in [4.78, 5) is 11.5. The molecular formula is C11H13BrFNO2. The van der Waals surface area contributed by atoms with E-state index < -0.39 is 11.7 Å². The van der Waals surface area contributed by atoms with Crippen LogP contribution >= 0.6 is 15.9 Å². The monoisotopic (exact) mass is 289 g/mol. The van der Waals surface area contributed by atoms with Gasteiger partial charge in [-0.25, -0.2) is 4.39 Å². The van der Waals surface area contributed by atoms with Crippen molar-refractivity contribution in [1.82, 2.24) is 5.32 Å². The number of carbonyl (C=O) groups is 1. The normalized spacial score (nSPS) is 9.94. The number of amides is 1. The molecule has 0 saturated heterocycles. The summed E-state index contributed by atoms with van der Waals surface area (Å²) in [5.74, 6) is -0.577. The van der Waals surface area contributed by atoms with Crippen LogP contribution in [0.15, 0.2) is 18.2 Å². The highest BCUT2D eigenvalue weighted by atomic mass is 79.9. The lowest BCUT2D eigenvalue weighted by molar-refractivity contribution is 0.0950. The van der Waals surface area contributed by atoms with Crippen LogP contribution in [0.1, 0.15) is 16.8 Å². The van der Waals surface area contributed by atoms with Crippen molar-refractivity contribution in [3.8, 4) is 5.75 Å². The number of rotatable bonds is 5. The molecule has 0 heterocycles. The van der Waals surface area contributed by atoms with Crippen molar-refractivity contribution in [2.75, 3.05) is 19.0 Å². The first-order valence-electron chi connectivity index (χ1n) is 4.86. The van der Waals surface area contributed by atoms with Gasteiger partial charge in [0.05, 0.1) is 12.7 Å². The zero-order chi connectivity index (χ0) is 12.0. The number of halogens is 2. The van der Waals surface area contributed by atoms with Gasteiger partial charge < -0.3 is 10.1 Å². The second kappa shape index (κ2) is 6.48. The molecule has 0 aliphatic heterocycles. The zero-order valence-electron chi connectivity index (χ0n) is 8.93. The molecule has 0 spiro atoms. The molecule has 88 valence electrons. The Kier molecular flexibility index (Phi) is 5.25. The van der Waals surface area contributed by atoms with Crippen molar-refractivity contribution in [2.45, 2.75) is 6.42 Å². The predicted octanol–water partition coefficient (Wildman–Crippen LogP) is 2.35. The molecule has 0 fully saturated rings. The van der Waals surface area contributed by atoms with Crippen molar-refractivity contribution in [3.05, 3.63) is 29.6 Å². The first kappa shape index (κ1) is 13.0. The molecule has 5 heteroatoms. The molecule has 1 aromatic rings. The average molecular weight is 290 g/mol. The van der Waals surface area contributed by atoms with E-state index in [4.69, 9.17) is 4.74 Å². The molecule has 0 aliphatic rings. The predicted molar refractivity (Wildman–Crippen MR) is 63.7 cm³/mol. The highest BCUT2D eigenvalue weighted by Crippen LogP contribution is 2.15. The first-order chi connectivity index (χ1) is 7.69. The summed E-state index contributed by atoms with van der Waals surface area (Å²) in [7, 11) is 1.45. The molecule has 1 amide bonds. The number of benzene rings is 1. The summed E-state index contributed by atoms with van der Waals surface area (Å²) in [6, 6.07) is 4.17. The Bertz CT molecular complexity index is 371. The van der Waals surface area contributed by atoms with Gasteiger partial charge in [0.1, 0.15) is 11.6 Å². The third-order valence-corrected chi connectivity index (χ3v) is 2.58. The van der Waals surface area contributed by atoms with Crippen molar-refractivity contribution >= 4 is 21.8 Å². The maximum absolute atomic E-state index is 13.4. The van der Waals surface area contributed by atoms with Crippen molar-refractivity contribution in [2.24, 2.45) is 0 Å². The van der Waals surface area contributed by atoms with Crippen LogP contribution in [0.5, 0.6) is 5.75 Å². The molecule has 0 radical (unpaired) electrons. The van der Waals surface area contributed by atoms with Crippen molar-refractivity contribution < 1.29 is 13.9 Å². The lowest BCUT2D eigenvalue weighted by atomic mass is 10.2. The van der Waals surface area contributed by atoms with Crippen LogP contribution in [0.2, 0.25) is 0 Å². The van der Waals surface area contributed by atoms with Gasteiger partial charge >= 0.3 is 0 Å². The molecule has 3 nitrogen and oxygen atoms in total. The summed E-state index contributed by atoms with van der Waals surface area (Å²) >= 11 is 3.25. The molecule has 0 bridgehead atoms. The Morgan fingerprint density at radius 3 is 2.88 bits per heavy atom. The standard InChI is InChI=1S/C11H13BrFNO2/c1-16-8-3-4-9(10(13)7-8)11(15)14-6-2-5-12/h3-4,7H,2,5-6H2,1H3,(H,14,15). The summed E-state index contributed by atoms with van der Waals surface area (Å²) in [6.07, 6.45) is 0.809. The number of nitrogens with one attached hydrogen (secondary N) is 1. The second-order valence-corrected chi connectivity index (χ2v) is 3.94. The van der Waals surface area contributed by atoms with Crippen LogP contribution in [0.4, 0.5) is 4.39 Å². The number of alkyl halides is 1. The lowest BCUT2D eigenvalue weighted by Crippen LogP contribution is -2.25. The SMILES string of the molecule is COc1ccc(C(=O)NCCCBr)c(F)c1. The van der Waals surface area contributed by atoms with Crippen LogP contribution in [0.3, 0.4) is 0 Å². The minimum atomic E-state index is -0.573. The molecule has 1 rings (SSSR count). The van der Waals surface area contributed by atoms with Gasteiger partial charge in [0.15, 0.2) is 0 Å². The number of methoxy groups -OCH3 is 1. The van der Waals surface area contributed by atoms with E-state index in [-0.39, 0.29) is 5.56 Å². The van der Waals surface area contributed by atoms with E-state index >= 15 is 0 Å². The Balaban J connectivity index is 2.68. The summed E-state index contributed by atoms with van der Waals surface area (Å²) in [5, 5.41) is 3.43. The Hall–Kier alpha value is -1.10. The van der Waals surface area contributed by atoms with E-state index in [0.29, 0.717) is 12.3 Å². The Labute approximate surface area is 102 Å². The van der Waals surface area contributed by atoms with Gasteiger partial charge in [-0.2, -0.15) is 0 Å². The third kappa shape index (κ3) is 3.48. The minimum absolute atomic E-state index is 0.0374. The smallest absolute Gasteiger partial charge is 0.254 e. The zero-order valence-corrected chi connectivity index (χ0v) is 10.5. The molecule has 0 saturated carbocycles. The molecule has 0 atom stereocenters. The van der Waals surface area contributed by atoms with Crippen molar-refractivity contribution in [3.63, 3.8) is 0 Å². The molecule has 1 N–H and O–H groups in total. The van der Waals surface area contributed by atoms with E-state index in [2.05, 4.69) is 21.2 Å². The number of hydrogen-bond donors (Lipinski definition) is 1. The largest absolute Gasteiger partial charge is 0.497 e. The van der Waals surface area contributed by atoms with Gasteiger partial charge in [-0.15, -0.1) is 0 Å². The molecule has 0 unspecified atom stereocenters. The molecule has 0 aliphatic carbocycles. The maximum atomic E-state index is 13.4. The summed E-state index contributed by atoms with van der Waals surface area (Å²) in [6.45, 7) is 0.523. The van der Waals surface area contributed by atoms with E-state index in [1.807, 2.05) is 0 Å². The fourth-order valence-electron chi connectivity index (χ4n) is 1.17. The van der Waals surface area contributed by atoms with Gasteiger partial charge in [0.2, 0.25) is 0 Å². The van der Waals surface area contributed by atoms with E-state index in [1.54, 1.807) is 6.07 Å². The van der Waals surface area contributed by atoms with E-state index in [9.17, 15) is 9.18 Å². The van der Waals surface area contributed by atoms with E-state index in [0.717, 1.165) is 11.8 Å². The molecule has 0 aromatic heterocycles.